The first-order valence-electron chi connectivity index (χ1n) is 38.9. The summed E-state index contributed by atoms with van der Waals surface area (Å²) in [5.41, 5.74) is 9.14. The van der Waals surface area contributed by atoms with Crippen LogP contribution in [0, 0.1) is 127 Å². The van der Waals surface area contributed by atoms with Crippen molar-refractivity contribution >= 4 is 70.0 Å². The Balaban J connectivity index is 0.000000152. The number of terminal acetylenes is 2. The number of imidazole rings is 2. The molecule has 0 radical (unpaired) electrons. The number of ether oxygens (including phenoxy) is 10. The van der Waals surface area contributed by atoms with Gasteiger partial charge in [0, 0.05) is 43.7 Å². The average Bonchev–Trinajstić information content (AvgIpc) is 1.41. The lowest BCUT2D eigenvalue weighted by Gasteiger charge is -2.57. The van der Waals surface area contributed by atoms with Crippen LogP contribution < -0.4 is 20.9 Å². The van der Waals surface area contributed by atoms with Gasteiger partial charge in [-0.25, -0.2) is 29.1 Å². The summed E-state index contributed by atoms with van der Waals surface area (Å²) in [4.78, 5) is 94.6. The van der Waals surface area contributed by atoms with E-state index in [0.29, 0.717) is 22.9 Å². The molecule has 0 spiro atoms. The van der Waals surface area contributed by atoms with Crippen LogP contribution in [-0.2, 0) is 37.9 Å². The van der Waals surface area contributed by atoms with Crippen molar-refractivity contribution in [1.29, 1.82) is 0 Å². The first-order chi connectivity index (χ1) is 53.9. The molecule has 2 aliphatic heterocycles. The van der Waals surface area contributed by atoms with Gasteiger partial charge in [-0.15, -0.1) is 12.8 Å². The van der Waals surface area contributed by atoms with Gasteiger partial charge < -0.3 is 63.9 Å². The molecule has 5 N–H and O–H groups in total. The van der Waals surface area contributed by atoms with Gasteiger partial charge >= 0.3 is 36.8 Å². The molecule has 0 amide bonds. The summed E-state index contributed by atoms with van der Waals surface area (Å²) in [5, 5.41) is 30.7. The molecule has 14 aliphatic rings. The molecule has 14 fully saturated rings. The molecule has 20 rings (SSSR count). The maximum Gasteiger partial charge on any atom is 0.514 e. The van der Waals surface area contributed by atoms with Gasteiger partial charge in [0.25, 0.3) is 11.4 Å². The van der Waals surface area contributed by atoms with Crippen LogP contribution in [0.25, 0.3) is 22.3 Å². The number of non-ortho nitro benzene ring substituents is 2. The number of fused-ring (bicyclic) bond motifs is 2. The Morgan fingerprint density at radius 1 is 0.500 bits per heavy atom. The second-order valence-electron chi connectivity index (χ2n) is 33.6. The van der Waals surface area contributed by atoms with Crippen LogP contribution in [0.2, 0.25) is 0 Å². The summed E-state index contributed by atoms with van der Waals surface area (Å²) in [6.07, 6.45) is 34.4. The number of rotatable bonds is 23. The molecule has 31 nitrogen and oxygen atoms in total. The van der Waals surface area contributed by atoms with E-state index in [1.165, 1.54) is 144 Å². The Morgan fingerprint density at radius 3 is 1.20 bits per heavy atom. The van der Waals surface area contributed by atoms with Gasteiger partial charge in [0.05, 0.1) is 35.7 Å². The number of carbonyl (C=O) groups excluding carboxylic acids is 4. The minimum absolute atomic E-state index is 0.0209. The van der Waals surface area contributed by atoms with Gasteiger partial charge in [-0.3, -0.25) is 29.4 Å². The predicted molar refractivity (Wildman–Crippen MR) is 391 cm³/mol. The summed E-state index contributed by atoms with van der Waals surface area (Å²) in [6, 6.07) is 9.06. The molecule has 6 atom stereocenters. The van der Waals surface area contributed by atoms with E-state index in [4.69, 9.17) is 76.8 Å². The summed E-state index contributed by atoms with van der Waals surface area (Å²) in [5.74, 6) is 12.7. The van der Waals surface area contributed by atoms with E-state index in [0.717, 1.165) is 134 Å². The van der Waals surface area contributed by atoms with Crippen LogP contribution in [0.1, 0.15) is 179 Å². The number of nitrogens with two attached hydrogens (primary N) is 2. The first-order valence-corrected chi connectivity index (χ1v) is 38.9. The normalized spacial score (nSPS) is 32.3. The lowest BCUT2D eigenvalue weighted by atomic mass is 9.48. The molecular formula is C79H92F2N12O19. The smallest absolute Gasteiger partial charge is 0.434 e. The highest BCUT2D eigenvalue weighted by Crippen LogP contribution is 2.64. The van der Waals surface area contributed by atoms with Crippen molar-refractivity contribution in [3.05, 3.63) is 93.6 Å². The first kappa shape index (κ1) is 77.2. The number of hydrogen-bond donors (Lipinski definition) is 3. The van der Waals surface area contributed by atoms with Gasteiger partial charge in [-0.1, -0.05) is 11.8 Å². The number of aliphatic hydroxyl groups excluding tert-OH is 1. The highest BCUT2D eigenvalue weighted by atomic mass is 19.1. The zero-order valence-electron chi connectivity index (χ0n) is 62.0. The molecule has 12 saturated carbocycles. The molecule has 0 unspecified atom stereocenters. The third-order valence-electron chi connectivity index (χ3n) is 25.8. The third kappa shape index (κ3) is 16.7. The van der Waals surface area contributed by atoms with E-state index in [1.807, 2.05) is 0 Å². The molecule has 33 heteroatoms. The molecule has 4 aromatic heterocycles. The van der Waals surface area contributed by atoms with Crippen LogP contribution in [0.15, 0.2) is 61.2 Å². The largest absolute Gasteiger partial charge is 0.514 e. The van der Waals surface area contributed by atoms with Crippen LogP contribution >= 0.6 is 0 Å². The number of anilines is 2. The van der Waals surface area contributed by atoms with Gasteiger partial charge in [-0.05, 0) is 248 Å². The maximum atomic E-state index is 14.2. The fourth-order valence-electron chi connectivity index (χ4n) is 22.5. The van der Waals surface area contributed by atoms with Gasteiger partial charge in [-0.2, -0.15) is 28.7 Å². The van der Waals surface area contributed by atoms with Crippen molar-refractivity contribution < 1.29 is 90.3 Å². The van der Waals surface area contributed by atoms with Crippen molar-refractivity contribution in [1.82, 2.24) is 39.0 Å². The number of carbonyl (C=O) groups is 4. The van der Waals surface area contributed by atoms with E-state index in [2.05, 4.69) is 41.7 Å². The van der Waals surface area contributed by atoms with E-state index in [9.17, 15) is 48.2 Å². The lowest BCUT2D eigenvalue weighted by Crippen LogP contribution is -2.46. The van der Waals surface area contributed by atoms with Crippen LogP contribution in [0.4, 0.5) is 51.0 Å². The monoisotopic (exact) mass is 1550 g/mol. The summed E-state index contributed by atoms with van der Waals surface area (Å²) in [7, 11) is 0. The van der Waals surface area contributed by atoms with Crippen molar-refractivity contribution in [2.75, 3.05) is 44.5 Å². The number of aromatic nitrogens is 8. The van der Waals surface area contributed by atoms with E-state index >= 15 is 0 Å². The van der Waals surface area contributed by atoms with Crippen molar-refractivity contribution in [3.63, 3.8) is 0 Å². The lowest BCUT2D eigenvalue weighted by molar-refractivity contribution is -0.385. The molecular weight excluding hydrogens is 1460 g/mol. The van der Waals surface area contributed by atoms with Crippen LogP contribution in [0.3, 0.4) is 0 Å². The highest BCUT2D eigenvalue weighted by molar-refractivity contribution is 5.82. The summed E-state index contributed by atoms with van der Waals surface area (Å²) >= 11 is 0. The number of nitrogen functional groups attached to an aromatic ring is 2. The fourth-order valence-corrected chi connectivity index (χ4v) is 22.5. The molecule has 6 heterocycles. The average molecular weight is 1550 g/mol. The fraction of sp³-hybridized carbons (Fsp3) is 0.620. The molecule has 12 bridgehead atoms. The highest BCUT2D eigenvalue weighted by Gasteiger charge is 2.57. The van der Waals surface area contributed by atoms with Gasteiger partial charge in [0.2, 0.25) is 11.2 Å². The molecule has 12 aliphatic carbocycles. The van der Waals surface area contributed by atoms with Crippen molar-refractivity contribution in [2.24, 2.45) is 69.5 Å². The second kappa shape index (κ2) is 31.8. The minimum Gasteiger partial charge on any atom is -0.434 e. The molecule has 6 aromatic rings. The molecule has 2 aromatic carbocycles. The number of nitro groups is 2. The van der Waals surface area contributed by atoms with Gasteiger partial charge in [0.15, 0.2) is 46.2 Å². The zero-order chi connectivity index (χ0) is 78.3. The van der Waals surface area contributed by atoms with Crippen LogP contribution in [-0.4, -0.2) is 135 Å². The van der Waals surface area contributed by atoms with E-state index in [1.54, 1.807) is 0 Å². The Hall–Kier alpha value is -10.1. The number of halogens is 2. The number of aliphatic hydroxyl groups is 1. The summed E-state index contributed by atoms with van der Waals surface area (Å²) < 4.78 is 86.5. The quantitative estimate of drug-likeness (QED) is 0.00784. The second-order valence-corrected chi connectivity index (χ2v) is 33.6. The van der Waals surface area contributed by atoms with Crippen LogP contribution in [0.5, 0.6) is 11.5 Å². The zero-order valence-corrected chi connectivity index (χ0v) is 62.0. The SMILES string of the molecule is C#C[C@]1(COC(=O)OCCCC23CC4CC(CC(C4)C2)C3)O[C@@H](n2cnc3c(N)nc(F)nc32)C[C@@H]1OC(=O)OCCCC12CC3CC(CC(C3)C1)C2.C#C[C@]1(COC(=O)Oc2ccc([N+](=O)[O-])cc2)O[C@@H](n2cnc3c(N)nc(F)nc32)C[C@@H]1OC(=O)Oc1ccc([N+](=O)[O-])cc1.OCCCC12CC3CC(CC(C3)C1)C2. The third-order valence-corrected chi connectivity index (χ3v) is 25.8. The topological polar surface area (TPSA) is 406 Å². The van der Waals surface area contributed by atoms with E-state index < -0.39 is 95.7 Å². The number of nitrogens with zero attached hydrogens (tertiary/aromatic N) is 10. The Labute approximate surface area is 643 Å². The minimum atomic E-state index is -1.98. The Bertz CT molecular complexity index is 4500. The standard InChI is InChI=1S/C40H52FN5O7.C26H18FN7O11.C13H22O/c1-2-40(22-51-36(47)49-7-3-5-38-16-24-9-25(17-38)11-26(10-24)18-38)30(15-31(53-40)46-23-43-32-33(42)44-35(41)45-34(32)46)52-37(48)50-8-4-6-39-19-27-12-28(20-39)14-29(13-27)21-39;1-2-26(12-41-24(35)42-16-7-3-14(4-8-16)33(37)38)18(44-25(36)43-17-9-5-15(6-10-17)34(39)40)11-19(45-26)32-13-29-20-21(28)30-23(27)31-22(20)32;14-3-1-2-13-7-10-4-11(8-13)6-12(5-10)9-13/h1,23-31H,3-22H2,(H2,42,44,45);1,3-10,13,18-19H,11-12H2,(H2,28,30,31);10-12,14H,1-9H2/t24?,25?,26?,27?,28?,29?,30-,31+,38?,39?,40+;18-,19+,26+;/m00./s1. The van der Waals surface area contributed by atoms with Crippen molar-refractivity contribution in [2.45, 2.75) is 203 Å². The maximum absolute atomic E-state index is 14.2. The molecule has 112 heavy (non-hydrogen) atoms. The number of benzene rings is 2. The molecule has 596 valence electrons. The Kier molecular flexibility index (Phi) is 21.9. The van der Waals surface area contributed by atoms with Crippen molar-refractivity contribution in [3.8, 4) is 36.2 Å². The van der Waals surface area contributed by atoms with E-state index in [-0.39, 0.29) is 82.9 Å². The number of hydrogen-bond acceptors (Lipinski definition) is 27. The predicted octanol–water partition coefficient (Wildman–Crippen LogP) is 13.9. The van der Waals surface area contributed by atoms with Gasteiger partial charge in [0.1, 0.15) is 37.2 Å². The molecule has 2 saturated heterocycles. The number of nitro benzene ring substituents is 2. The summed E-state index contributed by atoms with van der Waals surface area (Å²) in [6.45, 7) is -0.318. The Morgan fingerprint density at radius 2 is 0.839 bits per heavy atom.